The Morgan fingerprint density at radius 2 is 1.56 bits per heavy atom. The fourth-order valence-corrected chi connectivity index (χ4v) is 5.05. The SMILES string of the molecule is CCOc1ccc(S(=O)(=O)N(CC(=O)Nc2ccc3ccccc3c2)c2ccc(C)cc2)cc1. The number of sulfonamides is 1. The second kappa shape index (κ2) is 9.97. The summed E-state index contributed by atoms with van der Waals surface area (Å²) in [7, 11) is -4.00. The quantitative estimate of drug-likeness (QED) is 0.372. The van der Waals surface area contributed by atoms with Gasteiger partial charge >= 0.3 is 0 Å². The Balaban J connectivity index is 1.62. The predicted octanol–water partition coefficient (Wildman–Crippen LogP) is 5.38. The molecule has 6 nitrogen and oxygen atoms in total. The smallest absolute Gasteiger partial charge is 0.264 e. The molecule has 7 heteroatoms. The van der Waals surface area contributed by atoms with Crippen LogP contribution in [0.4, 0.5) is 11.4 Å². The van der Waals surface area contributed by atoms with Gasteiger partial charge in [0.2, 0.25) is 5.91 Å². The van der Waals surface area contributed by atoms with E-state index in [1.165, 1.54) is 12.1 Å². The summed E-state index contributed by atoms with van der Waals surface area (Å²) in [4.78, 5) is 13.1. The summed E-state index contributed by atoms with van der Waals surface area (Å²) >= 11 is 0. The Morgan fingerprint density at radius 3 is 2.24 bits per heavy atom. The third kappa shape index (κ3) is 5.21. The van der Waals surface area contributed by atoms with Gasteiger partial charge in [0.25, 0.3) is 10.0 Å². The van der Waals surface area contributed by atoms with Crippen molar-refractivity contribution in [3.8, 4) is 5.75 Å². The van der Waals surface area contributed by atoms with Gasteiger partial charge in [0.05, 0.1) is 17.2 Å². The van der Waals surface area contributed by atoms with E-state index in [4.69, 9.17) is 4.74 Å². The molecule has 0 radical (unpaired) electrons. The molecule has 0 saturated heterocycles. The number of carbonyl (C=O) groups excluding carboxylic acids is 1. The van der Waals surface area contributed by atoms with E-state index < -0.39 is 15.9 Å². The molecule has 1 N–H and O–H groups in total. The Kier molecular flexibility index (Phi) is 6.84. The van der Waals surface area contributed by atoms with Gasteiger partial charge < -0.3 is 10.1 Å². The Morgan fingerprint density at radius 1 is 0.882 bits per heavy atom. The van der Waals surface area contributed by atoms with E-state index in [-0.39, 0.29) is 11.4 Å². The first-order valence-corrected chi connectivity index (χ1v) is 12.4. The average Bonchev–Trinajstić information content (AvgIpc) is 2.84. The monoisotopic (exact) mass is 474 g/mol. The zero-order valence-corrected chi connectivity index (χ0v) is 19.9. The van der Waals surface area contributed by atoms with Gasteiger partial charge in [-0.1, -0.05) is 48.0 Å². The molecule has 4 aromatic carbocycles. The molecule has 4 aromatic rings. The number of ether oxygens (including phenoxy) is 1. The normalized spacial score (nSPS) is 11.2. The van der Waals surface area contributed by atoms with E-state index in [2.05, 4.69) is 5.32 Å². The van der Waals surface area contributed by atoms with Crippen molar-refractivity contribution in [1.29, 1.82) is 0 Å². The number of nitrogens with one attached hydrogen (secondary N) is 1. The zero-order valence-electron chi connectivity index (χ0n) is 19.1. The van der Waals surface area contributed by atoms with E-state index in [0.717, 1.165) is 20.6 Å². The number of nitrogens with zero attached hydrogens (tertiary/aromatic N) is 1. The van der Waals surface area contributed by atoms with Crippen LogP contribution in [0.15, 0.2) is 95.9 Å². The van der Waals surface area contributed by atoms with Crippen LogP contribution in [0.25, 0.3) is 10.8 Å². The Labute approximate surface area is 199 Å². The summed E-state index contributed by atoms with van der Waals surface area (Å²) in [5, 5.41) is 4.87. The van der Waals surface area contributed by atoms with Gasteiger partial charge in [-0.3, -0.25) is 9.10 Å². The minimum Gasteiger partial charge on any atom is -0.494 e. The molecule has 0 unspecified atom stereocenters. The molecule has 1 amide bonds. The molecule has 4 rings (SSSR count). The summed E-state index contributed by atoms with van der Waals surface area (Å²) in [6.45, 7) is 3.89. The van der Waals surface area contributed by atoms with E-state index in [1.807, 2.05) is 62.4 Å². The van der Waals surface area contributed by atoms with Gasteiger partial charge in [-0.25, -0.2) is 8.42 Å². The number of amides is 1. The van der Waals surface area contributed by atoms with Gasteiger partial charge in [-0.2, -0.15) is 0 Å². The van der Waals surface area contributed by atoms with Crippen molar-refractivity contribution >= 4 is 38.1 Å². The molecule has 0 bridgehead atoms. The van der Waals surface area contributed by atoms with E-state index >= 15 is 0 Å². The molecule has 0 aliphatic heterocycles. The van der Waals surface area contributed by atoms with Crippen molar-refractivity contribution in [2.75, 3.05) is 22.8 Å². The van der Waals surface area contributed by atoms with E-state index in [9.17, 15) is 13.2 Å². The van der Waals surface area contributed by atoms with E-state index in [1.54, 1.807) is 30.3 Å². The van der Waals surface area contributed by atoms with Crippen LogP contribution in [-0.4, -0.2) is 27.5 Å². The van der Waals surface area contributed by atoms with Crippen LogP contribution < -0.4 is 14.4 Å². The van der Waals surface area contributed by atoms with Gasteiger partial charge in [0, 0.05) is 5.69 Å². The Hall–Kier alpha value is -3.84. The molecular formula is C27H26N2O4S. The lowest BCUT2D eigenvalue weighted by Crippen LogP contribution is -2.38. The fraction of sp³-hybridized carbons (Fsp3) is 0.148. The second-order valence-corrected chi connectivity index (χ2v) is 9.72. The third-order valence-corrected chi connectivity index (χ3v) is 7.15. The highest BCUT2D eigenvalue weighted by molar-refractivity contribution is 7.92. The zero-order chi connectivity index (χ0) is 24.1. The molecule has 0 saturated carbocycles. The number of benzene rings is 4. The van der Waals surface area contributed by atoms with Crippen molar-refractivity contribution in [3.63, 3.8) is 0 Å². The second-order valence-electron chi connectivity index (χ2n) is 7.86. The molecule has 0 spiro atoms. The van der Waals surface area contributed by atoms with Crippen LogP contribution in [0.2, 0.25) is 0 Å². The third-order valence-electron chi connectivity index (χ3n) is 5.37. The maximum atomic E-state index is 13.6. The number of aryl methyl sites for hydroxylation is 1. The standard InChI is InChI=1S/C27H26N2O4S/c1-3-33-25-14-16-26(17-15-25)34(31,32)29(24-12-8-20(2)9-13-24)19-27(30)28-23-11-10-21-6-4-5-7-22(21)18-23/h4-18H,3,19H2,1-2H3,(H,28,30). The van der Waals surface area contributed by atoms with Crippen molar-refractivity contribution < 1.29 is 17.9 Å². The highest BCUT2D eigenvalue weighted by Gasteiger charge is 2.27. The number of hydrogen-bond acceptors (Lipinski definition) is 4. The van der Waals surface area contributed by atoms with Crippen molar-refractivity contribution in [3.05, 3.63) is 96.6 Å². The molecule has 0 fully saturated rings. The van der Waals surface area contributed by atoms with Gasteiger partial charge in [-0.05, 0) is 73.2 Å². The first-order valence-electron chi connectivity index (χ1n) is 11.0. The molecule has 174 valence electrons. The maximum Gasteiger partial charge on any atom is 0.264 e. The van der Waals surface area contributed by atoms with Gasteiger partial charge in [0.1, 0.15) is 12.3 Å². The number of hydrogen-bond donors (Lipinski definition) is 1. The number of rotatable bonds is 8. The summed E-state index contributed by atoms with van der Waals surface area (Å²) in [5.74, 6) is 0.141. The average molecular weight is 475 g/mol. The number of fused-ring (bicyclic) bond motifs is 1. The van der Waals surface area contributed by atoms with Crippen LogP contribution in [0.5, 0.6) is 5.75 Å². The highest BCUT2D eigenvalue weighted by Crippen LogP contribution is 2.26. The van der Waals surface area contributed by atoms with Crippen molar-refractivity contribution in [2.45, 2.75) is 18.7 Å². The van der Waals surface area contributed by atoms with Crippen LogP contribution in [0.1, 0.15) is 12.5 Å². The highest BCUT2D eigenvalue weighted by atomic mass is 32.2. The number of anilines is 2. The maximum absolute atomic E-state index is 13.6. The summed E-state index contributed by atoms with van der Waals surface area (Å²) < 4.78 is 33.7. The van der Waals surface area contributed by atoms with Crippen LogP contribution in [-0.2, 0) is 14.8 Å². The largest absolute Gasteiger partial charge is 0.494 e. The lowest BCUT2D eigenvalue weighted by molar-refractivity contribution is -0.114. The molecule has 0 atom stereocenters. The minimum atomic E-state index is -4.00. The lowest BCUT2D eigenvalue weighted by Gasteiger charge is -2.24. The van der Waals surface area contributed by atoms with Gasteiger partial charge in [0.15, 0.2) is 0 Å². The molecule has 0 aromatic heterocycles. The Bertz CT molecular complexity index is 1400. The number of carbonyl (C=O) groups is 1. The van der Waals surface area contributed by atoms with E-state index in [0.29, 0.717) is 23.7 Å². The van der Waals surface area contributed by atoms with Crippen LogP contribution in [0.3, 0.4) is 0 Å². The molecule has 34 heavy (non-hydrogen) atoms. The summed E-state index contributed by atoms with van der Waals surface area (Å²) in [6, 6.07) is 26.6. The summed E-state index contributed by atoms with van der Waals surface area (Å²) in [6.07, 6.45) is 0. The molecular weight excluding hydrogens is 448 g/mol. The van der Waals surface area contributed by atoms with Crippen LogP contribution in [0, 0.1) is 6.92 Å². The predicted molar refractivity (Wildman–Crippen MR) is 136 cm³/mol. The fourth-order valence-electron chi connectivity index (χ4n) is 3.63. The first-order chi connectivity index (χ1) is 16.4. The molecule has 0 aliphatic rings. The topological polar surface area (TPSA) is 75.7 Å². The lowest BCUT2D eigenvalue weighted by atomic mass is 10.1. The molecule has 0 aliphatic carbocycles. The van der Waals surface area contributed by atoms with Gasteiger partial charge in [-0.15, -0.1) is 0 Å². The first kappa shape index (κ1) is 23.3. The minimum absolute atomic E-state index is 0.0787. The summed E-state index contributed by atoms with van der Waals surface area (Å²) in [5.41, 5.74) is 2.00. The van der Waals surface area contributed by atoms with Crippen molar-refractivity contribution in [1.82, 2.24) is 0 Å². The van der Waals surface area contributed by atoms with Crippen molar-refractivity contribution in [2.24, 2.45) is 0 Å². The van der Waals surface area contributed by atoms with Crippen LogP contribution >= 0.6 is 0 Å². The molecule has 0 heterocycles.